The molecule has 111 valence electrons. The van der Waals surface area contributed by atoms with Gasteiger partial charge < -0.3 is 4.74 Å². The second-order valence-electron chi connectivity index (χ2n) is 3.91. The summed E-state index contributed by atoms with van der Waals surface area (Å²) in [5.41, 5.74) is -2.93. The lowest BCUT2D eigenvalue weighted by molar-refractivity contribution is -0.143. The Morgan fingerprint density at radius 1 is 0.952 bits per heavy atom. The Labute approximate surface area is 115 Å². The quantitative estimate of drug-likeness (QED) is 0.750. The van der Waals surface area contributed by atoms with Crippen molar-refractivity contribution in [3.05, 3.63) is 53.7 Å². The van der Waals surface area contributed by atoms with Crippen LogP contribution in [-0.4, -0.2) is 4.98 Å². The van der Waals surface area contributed by atoms with E-state index in [1.165, 1.54) is 18.2 Å². The molecule has 0 N–H and O–H groups in total. The molecule has 2 aromatic rings. The van der Waals surface area contributed by atoms with E-state index in [2.05, 4.69) is 11.2 Å². The van der Waals surface area contributed by atoms with Gasteiger partial charge in [0.15, 0.2) is 0 Å². The monoisotopic (exact) mass is 306 g/mol. The Kier molecular flexibility index (Phi) is 3.80. The van der Waals surface area contributed by atoms with Gasteiger partial charge in [0.1, 0.15) is 5.75 Å². The normalized spacial score (nSPS) is 12.3. The van der Waals surface area contributed by atoms with Crippen LogP contribution in [0.3, 0.4) is 0 Å². The maximum absolute atomic E-state index is 12.8. The maximum Gasteiger partial charge on any atom is 0.420 e. The number of hydrogen-bond acceptors (Lipinski definition) is 2. The van der Waals surface area contributed by atoms with Gasteiger partial charge in [-0.15, -0.1) is 0 Å². The van der Waals surface area contributed by atoms with Gasteiger partial charge in [0.2, 0.25) is 5.88 Å². The van der Waals surface area contributed by atoms with Gasteiger partial charge in [-0.05, 0) is 24.3 Å². The molecular weight excluding hydrogens is 300 g/mol. The first kappa shape index (κ1) is 15.1. The van der Waals surface area contributed by atoms with Gasteiger partial charge in [-0.1, -0.05) is 6.07 Å². The van der Waals surface area contributed by atoms with Gasteiger partial charge in [0, 0.05) is 6.07 Å². The Bertz CT molecular complexity index is 621. The SMILES string of the molecule is FC(F)(F)c1ccc(Oc2ccc[c]n2)c(C(F)(F)F)c1. The first-order chi connectivity index (χ1) is 9.68. The van der Waals surface area contributed by atoms with Gasteiger partial charge in [0.25, 0.3) is 0 Å². The molecule has 0 spiro atoms. The van der Waals surface area contributed by atoms with Crippen molar-refractivity contribution in [3.63, 3.8) is 0 Å². The number of nitrogens with zero attached hydrogens (tertiary/aromatic N) is 1. The first-order valence-corrected chi connectivity index (χ1v) is 5.47. The summed E-state index contributed by atoms with van der Waals surface area (Å²) in [6, 6.07) is 5.19. The van der Waals surface area contributed by atoms with Crippen molar-refractivity contribution < 1.29 is 31.1 Å². The molecule has 2 rings (SSSR count). The number of pyridine rings is 1. The van der Waals surface area contributed by atoms with Crippen LogP contribution in [0, 0.1) is 6.20 Å². The van der Waals surface area contributed by atoms with E-state index in [-0.39, 0.29) is 11.9 Å². The standard InChI is InChI=1S/C13H6F6NO/c14-12(15,16)8-4-5-10(9(7-8)13(17,18)19)21-11-3-1-2-6-20-11/h1-5,7H. The highest BCUT2D eigenvalue weighted by molar-refractivity contribution is 5.42. The van der Waals surface area contributed by atoms with Crippen molar-refractivity contribution >= 4 is 0 Å². The lowest BCUT2D eigenvalue weighted by Gasteiger charge is -2.15. The van der Waals surface area contributed by atoms with Crippen LogP contribution in [-0.2, 0) is 12.4 Å². The predicted octanol–water partition coefficient (Wildman–Crippen LogP) is 4.71. The van der Waals surface area contributed by atoms with Crippen molar-refractivity contribution in [1.82, 2.24) is 4.98 Å². The molecule has 0 unspecified atom stereocenters. The molecule has 0 aliphatic rings. The van der Waals surface area contributed by atoms with Crippen LogP contribution in [0.15, 0.2) is 36.4 Å². The van der Waals surface area contributed by atoms with Crippen molar-refractivity contribution in [3.8, 4) is 11.6 Å². The van der Waals surface area contributed by atoms with E-state index < -0.39 is 29.2 Å². The number of halogens is 6. The summed E-state index contributed by atoms with van der Waals surface area (Å²) in [5, 5.41) is 0. The van der Waals surface area contributed by atoms with E-state index in [1.807, 2.05) is 0 Å². The molecule has 2 nitrogen and oxygen atoms in total. The molecule has 1 aromatic carbocycles. The molecule has 1 radical (unpaired) electrons. The van der Waals surface area contributed by atoms with E-state index in [1.54, 1.807) is 0 Å². The van der Waals surface area contributed by atoms with E-state index in [0.717, 1.165) is 0 Å². The molecule has 0 saturated carbocycles. The minimum absolute atomic E-state index is 0.00197. The Morgan fingerprint density at radius 2 is 1.67 bits per heavy atom. The van der Waals surface area contributed by atoms with Gasteiger partial charge >= 0.3 is 12.4 Å². The number of benzene rings is 1. The topological polar surface area (TPSA) is 22.1 Å². The predicted molar refractivity (Wildman–Crippen MR) is 59.6 cm³/mol. The summed E-state index contributed by atoms with van der Waals surface area (Å²) in [7, 11) is 0. The molecule has 1 heterocycles. The third-order valence-corrected chi connectivity index (χ3v) is 2.41. The Balaban J connectivity index is 2.46. The molecule has 0 bridgehead atoms. The minimum Gasteiger partial charge on any atom is -0.438 e. The highest BCUT2D eigenvalue weighted by atomic mass is 19.4. The van der Waals surface area contributed by atoms with Crippen molar-refractivity contribution in [2.24, 2.45) is 0 Å². The molecular formula is C13H6F6NO. The second kappa shape index (κ2) is 5.27. The van der Waals surface area contributed by atoms with E-state index in [4.69, 9.17) is 4.74 Å². The fourth-order valence-corrected chi connectivity index (χ4v) is 1.50. The van der Waals surface area contributed by atoms with Crippen molar-refractivity contribution in [2.75, 3.05) is 0 Å². The minimum atomic E-state index is -4.99. The fraction of sp³-hybridized carbons (Fsp3) is 0.154. The third kappa shape index (κ3) is 3.65. The fourth-order valence-electron chi connectivity index (χ4n) is 1.50. The molecule has 0 amide bonds. The lowest BCUT2D eigenvalue weighted by atomic mass is 10.1. The number of aromatic nitrogens is 1. The first-order valence-electron chi connectivity index (χ1n) is 5.47. The van der Waals surface area contributed by atoms with Crippen LogP contribution < -0.4 is 4.74 Å². The molecule has 1 aromatic heterocycles. The van der Waals surface area contributed by atoms with Crippen LogP contribution in [0.25, 0.3) is 0 Å². The summed E-state index contributed by atoms with van der Waals surface area (Å²) < 4.78 is 80.9. The summed E-state index contributed by atoms with van der Waals surface area (Å²) in [5.74, 6) is -0.967. The van der Waals surface area contributed by atoms with Crippen LogP contribution in [0.5, 0.6) is 11.6 Å². The zero-order valence-corrected chi connectivity index (χ0v) is 10.1. The summed E-state index contributed by atoms with van der Waals surface area (Å²) >= 11 is 0. The van der Waals surface area contributed by atoms with Gasteiger partial charge in [0.05, 0.1) is 17.3 Å². The van der Waals surface area contributed by atoms with E-state index >= 15 is 0 Å². The molecule has 0 saturated heterocycles. The molecule has 0 atom stereocenters. The maximum atomic E-state index is 12.8. The van der Waals surface area contributed by atoms with Crippen LogP contribution in [0.4, 0.5) is 26.3 Å². The number of ether oxygens (including phenoxy) is 1. The number of rotatable bonds is 2. The Hall–Kier alpha value is -2.25. The zero-order chi connectivity index (χ0) is 15.7. The van der Waals surface area contributed by atoms with Gasteiger partial charge in [-0.3, -0.25) is 0 Å². The van der Waals surface area contributed by atoms with Gasteiger partial charge in [-0.25, -0.2) is 4.98 Å². The summed E-state index contributed by atoms with van der Waals surface area (Å²) in [4.78, 5) is 3.53. The molecule has 21 heavy (non-hydrogen) atoms. The summed E-state index contributed by atoms with van der Waals surface area (Å²) in [6.45, 7) is 0. The van der Waals surface area contributed by atoms with E-state index in [0.29, 0.717) is 12.1 Å². The molecule has 0 fully saturated rings. The molecule has 0 aliphatic carbocycles. The van der Waals surface area contributed by atoms with Gasteiger partial charge in [-0.2, -0.15) is 26.3 Å². The molecule has 8 heteroatoms. The number of hydrogen-bond donors (Lipinski definition) is 0. The summed E-state index contributed by atoms with van der Waals surface area (Å²) in [6.07, 6.45) is -7.53. The van der Waals surface area contributed by atoms with Crippen molar-refractivity contribution in [2.45, 2.75) is 12.4 Å². The number of alkyl halides is 6. The van der Waals surface area contributed by atoms with Crippen LogP contribution in [0.2, 0.25) is 0 Å². The average Bonchev–Trinajstić information content (AvgIpc) is 2.38. The smallest absolute Gasteiger partial charge is 0.420 e. The van der Waals surface area contributed by atoms with Crippen LogP contribution in [0.1, 0.15) is 11.1 Å². The van der Waals surface area contributed by atoms with Crippen LogP contribution >= 0.6 is 0 Å². The van der Waals surface area contributed by atoms with Crippen molar-refractivity contribution in [1.29, 1.82) is 0 Å². The molecule has 0 aliphatic heterocycles. The largest absolute Gasteiger partial charge is 0.438 e. The van der Waals surface area contributed by atoms with E-state index in [9.17, 15) is 26.3 Å². The highest BCUT2D eigenvalue weighted by Crippen LogP contribution is 2.41. The highest BCUT2D eigenvalue weighted by Gasteiger charge is 2.39. The average molecular weight is 306 g/mol. The second-order valence-corrected chi connectivity index (χ2v) is 3.91. The Morgan fingerprint density at radius 3 is 2.19 bits per heavy atom. The third-order valence-electron chi connectivity index (χ3n) is 2.41. The lowest BCUT2D eigenvalue weighted by Crippen LogP contribution is -2.12. The zero-order valence-electron chi connectivity index (χ0n) is 10.1.